The van der Waals surface area contributed by atoms with Crippen LogP contribution in [0, 0.1) is 0 Å². The molecular weight excluding hydrogens is 256 g/mol. The molecule has 0 amide bonds. The Kier molecular flexibility index (Phi) is 2.91. The van der Waals surface area contributed by atoms with E-state index in [9.17, 15) is 9.90 Å². The van der Waals surface area contributed by atoms with E-state index in [2.05, 4.69) is 0 Å². The van der Waals surface area contributed by atoms with Gasteiger partial charge in [0.25, 0.3) is 0 Å². The fourth-order valence-corrected chi connectivity index (χ4v) is 2.24. The second-order valence-corrected chi connectivity index (χ2v) is 4.49. The Labute approximate surface area is 115 Å². The Morgan fingerprint density at radius 2 is 1.85 bits per heavy atom. The Bertz CT molecular complexity index is 699. The first-order valence-corrected chi connectivity index (χ1v) is 6.15. The zero-order chi connectivity index (χ0) is 14.1. The summed E-state index contributed by atoms with van der Waals surface area (Å²) in [4.78, 5) is 11.1. The molecular formula is C16H12O4. The topological polar surface area (TPSA) is 66.8 Å². The fraction of sp³-hybridized carbons (Fsp3) is 0.0625. The van der Waals surface area contributed by atoms with E-state index in [0.717, 1.165) is 16.7 Å². The van der Waals surface area contributed by atoms with E-state index < -0.39 is 5.97 Å². The van der Waals surface area contributed by atoms with Crippen molar-refractivity contribution in [1.82, 2.24) is 0 Å². The molecule has 4 heteroatoms. The Hall–Kier alpha value is -2.75. The summed E-state index contributed by atoms with van der Waals surface area (Å²) in [5.74, 6) is -0.107. The van der Waals surface area contributed by atoms with Crippen LogP contribution in [0.25, 0.3) is 5.57 Å². The van der Waals surface area contributed by atoms with Gasteiger partial charge in [-0.25, -0.2) is 4.79 Å². The minimum Gasteiger partial charge on any atom is -0.508 e. The molecule has 0 aromatic heterocycles. The van der Waals surface area contributed by atoms with Gasteiger partial charge in [-0.2, -0.15) is 0 Å². The molecule has 1 heterocycles. The normalized spacial score (nSPS) is 13.1. The number of ether oxygens (including phenoxy) is 1. The summed E-state index contributed by atoms with van der Waals surface area (Å²) in [6, 6.07) is 11.6. The Morgan fingerprint density at radius 3 is 2.55 bits per heavy atom. The number of hydrogen-bond donors (Lipinski definition) is 2. The molecule has 1 aliphatic heterocycles. The summed E-state index contributed by atoms with van der Waals surface area (Å²) in [7, 11) is 0. The van der Waals surface area contributed by atoms with Crippen molar-refractivity contribution in [1.29, 1.82) is 0 Å². The molecule has 1 aliphatic rings. The number of phenolic OH excluding ortho intramolecular Hbond substituents is 1. The zero-order valence-electron chi connectivity index (χ0n) is 10.5. The number of rotatable bonds is 2. The average molecular weight is 268 g/mol. The first kappa shape index (κ1) is 12.3. The van der Waals surface area contributed by atoms with E-state index in [0.29, 0.717) is 12.4 Å². The summed E-state index contributed by atoms with van der Waals surface area (Å²) in [6.45, 7) is 0.440. The average Bonchev–Trinajstić information content (AvgIpc) is 2.47. The number of fused-ring (bicyclic) bond motifs is 1. The zero-order valence-corrected chi connectivity index (χ0v) is 10.5. The maximum atomic E-state index is 11.1. The van der Waals surface area contributed by atoms with Crippen LogP contribution in [0.15, 0.2) is 48.5 Å². The van der Waals surface area contributed by atoms with Gasteiger partial charge in [0.15, 0.2) is 0 Å². The molecule has 0 saturated carbocycles. The lowest BCUT2D eigenvalue weighted by molar-refractivity contribution is 0.0697. The minimum absolute atomic E-state index is 0.195. The van der Waals surface area contributed by atoms with Gasteiger partial charge in [0, 0.05) is 5.56 Å². The number of benzene rings is 2. The monoisotopic (exact) mass is 268 g/mol. The van der Waals surface area contributed by atoms with Gasteiger partial charge in [0.05, 0.1) is 5.56 Å². The Morgan fingerprint density at radius 1 is 1.10 bits per heavy atom. The highest BCUT2D eigenvalue weighted by Gasteiger charge is 2.17. The van der Waals surface area contributed by atoms with Crippen molar-refractivity contribution in [3.05, 3.63) is 65.2 Å². The lowest BCUT2D eigenvalue weighted by atomic mass is 9.94. The Balaban J connectivity index is 2.11. The van der Waals surface area contributed by atoms with Crippen LogP contribution in [0.1, 0.15) is 21.5 Å². The highest BCUT2D eigenvalue weighted by molar-refractivity contribution is 5.92. The number of phenols is 1. The van der Waals surface area contributed by atoms with Gasteiger partial charge >= 0.3 is 5.97 Å². The maximum absolute atomic E-state index is 11.1. The van der Waals surface area contributed by atoms with Gasteiger partial charge in [0.1, 0.15) is 18.1 Å². The summed E-state index contributed by atoms with van der Waals surface area (Å²) >= 11 is 0. The quantitative estimate of drug-likeness (QED) is 0.878. The standard InChI is InChI=1S/C16H12O4/c17-12-4-1-10(2-5-12)13-7-8-20-15-6-3-11(16(18)19)9-14(13)15/h1-7,9,17H,8H2,(H,18,19). The van der Waals surface area contributed by atoms with Crippen molar-refractivity contribution in [2.45, 2.75) is 0 Å². The molecule has 0 radical (unpaired) electrons. The summed E-state index contributed by atoms with van der Waals surface area (Å²) in [5.41, 5.74) is 2.80. The molecule has 0 spiro atoms. The van der Waals surface area contributed by atoms with Gasteiger partial charge in [-0.1, -0.05) is 12.1 Å². The molecule has 2 aromatic rings. The molecule has 0 aliphatic carbocycles. The summed E-state index contributed by atoms with van der Waals surface area (Å²) in [6.07, 6.45) is 1.90. The molecule has 2 aromatic carbocycles. The number of carboxylic acid groups (broad SMARTS) is 1. The molecule has 0 atom stereocenters. The second-order valence-electron chi connectivity index (χ2n) is 4.49. The number of aromatic carboxylic acids is 1. The van der Waals surface area contributed by atoms with Crippen LogP contribution < -0.4 is 4.74 Å². The van der Waals surface area contributed by atoms with E-state index in [1.54, 1.807) is 36.4 Å². The molecule has 0 fully saturated rings. The number of carbonyl (C=O) groups is 1. The van der Waals surface area contributed by atoms with Gasteiger partial charge in [-0.3, -0.25) is 0 Å². The molecule has 3 rings (SSSR count). The lowest BCUT2D eigenvalue weighted by Crippen LogP contribution is -2.07. The van der Waals surface area contributed by atoms with Crippen molar-refractivity contribution in [2.24, 2.45) is 0 Å². The van der Waals surface area contributed by atoms with E-state index in [1.165, 1.54) is 6.07 Å². The predicted octanol–water partition coefficient (Wildman–Crippen LogP) is 2.91. The number of hydrogen-bond acceptors (Lipinski definition) is 3. The summed E-state index contributed by atoms with van der Waals surface area (Å²) in [5, 5.41) is 18.4. The SMILES string of the molecule is O=C(O)c1ccc2c(c1)C(c1ccc(O)cc1)=CCO2. The predicted molar refractivity (Wildman–Crippen MR) is 74.1 cm³/mol. The third-order valence-electron chi connectivity index (χ3n) is 3.22. The van der Waals surface area contributed by atoms with E-state index >= 15 is 0 Å². The fourth-order valence-electron chi connectivity index (χ4n) is 2.24. The van der Waals surface area contributed by atoms with Crippen LogP contribution in [-0.2, 0) is 0 Å². The van der Waals surface area contributed by atoms with Gasteiger partial charge in [0.2, 0.25) is 0 Å². The van der Waals surface area contributed by atoms with Crippen molar-refractivity contribution in [3.63, 3.8) is 0 Å². The van der Waals surface area contributed by atoms with Crippen LogP contribution in [0.3, 0.4) is 0 Å². The highest BCUT2D eigenvalue weighted by atomic mass is 16.5. The molecule has 0 unspecified atom stereocenters. The number of aromatic hydroxyl groups is 1. The lowest BCUT2D eigenvalue weighted by Gasteiger charge is -2.19. The second kappa shape index (κ2) is 4.74. The highest BCUT2D eigenvalue weighted by Crippen LogP contribution is 2.35. The van der Waals surface area contributed by atoms with Crippen LogP contribution >= 0.6 is 0 Å². The summed E-state index contributed by atoms with van der Waals surface area (Å²) < 4.78 is 5.51. The van der Waals surface area contributed by atoms with Gasteiger partial charge < -0.3 is 14.9 Å². The van der Waals surface area contributed by atoms with Crippen LogP contribution in [0.4, 0.5) is 0 Å². The van der Waals surface area contributed by atoms with Crippen molar-refractivity contribution in [3.8, 4) is 11.5 Å². The molecule has 0 bridgehead atoms. The largest absolute Gasteiger partial charge is 0.508 e. The van der Waals surface area contributed by atoms with Gasteiger partial charge in [-0.15, -0.1) is 0 Å². The van der Waals surface area contributed by atoms with Crippen molar-refractivity contribution < 1.29 is 19.7 Å². The van der Waals surface area contributed by atoms with Crippen LogP contribution in [0.2, 0.25) is 0 Å². The first-order valence-electron chi connectivity index (χ1n) is 6.15. The van der Waals surface area contributed by atoms with E-state index in [-0.39, 0.29) is 11.3 Å². The third kappa shape index (κ3) is 2.12. The molecule has 2 N–H and O–H groups in total. The van der Waals surface area contributed by atoms with Crippen molar-refractivity contribution in [2.75, 3.05) is 6.61 Å². The van der Waals surface area contributed by atoms with Crippen LogP contribution in [-0.4, -0.2) is 22.8 Å². The van der Waals surface area contributed by atoms with Crippen molar-refractivity contribution >= 4 is 11.5 Å². The maximum Gasteiger partial charge on any atom is 0.335 e. The first-order chi connectivity index (χ1) is 9.65. The molecule has 0 saturated heterocycles. The number of carboxylic acids is 1. The third-order valence-corrected chi connectivity index (χ3v) is 3.22. The van der Waals surface area contributed by atoms with E-state index in [1.807, 2.05) is 6.08 Å². The molecule has 100 valence electrons. The molecule has 4 nitrogen and oxygen atoms in total. The smallest absolute Gasteiger partial charge is 0.335 e. The molecule has 20 heavy (non-hydrogen) atoms. The minimum atomic E-state index is -0.969. The van der Waals surface area contributed by atoms with E-state index in [4.69, 9.17) is 9.84 Å². The van der Waals surface area contributed by atoms with Crippen LogP contribution in [0.5, 0.6) is 11.5 Å². The van der Waals surface area contributed by atoms with Gasteiger partial charge in [-0.05, 0) is 47.5 Å².